The van der Waals surface area contributed by atoms with Gasteiger partial charge in [0.1, 0.15) is 0 Å². The largest absolute Gasteiger partial charge is 0.364 e. The molecule has 1 aliphatic heterocycles. The molecule has 0 spiro atoms. The first kappa shape index (κ1) is 9.32. The first-order valence-corrected chi connectivity index (χ1v) is 5.27. The van der Waals surface area contributed by atoms with E-state index in [2.05, 4.69) is 55.2 Å². The lowest BCUT2D eigenvalue weighted by Gasteiger charge is -2.18. The molecule has 14 heavy (non-hydrogen) atoms. The zero-order valence-corrected chi connectivity index (χ0v) is 8.90. The van der Waals surface area contributed by atoms with Crippen molar-refractivity contribution in [3.63, 3.8) is 0 Å². The highest BCUT2D eigenvalue weighted by Gasteiger charge is 2.07. The third-order valence-corrected chi connectivity index (χ3v) is 2.74. The van der Waals surface area contributed by atoms with Crippen molar-refractivity contribution in [3.05, 3.63) is 42.0 Å². The molecule has 2 rings (SSSR count). The Labute approximate surface area is 86.1 Å². The van der Waals surface area contributed by atoms with Crippen molar-refractivity contribution in [1.82, 2.24) is 0 Å². The predicted molar refractivity (Wildman–Crippen MR) is 61.9 cm³/mol. The Hall–Kier alpha value is -1.24. The summed E-state index contributed by atoms with van der Waals surface area (Å²) in [4.78, 5) is 2.37. The molecule has 0 aliphatic carbocycles. The quantitative estimate of drug-likeness (QED) is 0.643. The molecule has 1 nitrogen and oxygen atoms in total. The van der Waals surface area contributed by atoms with Gasteiger partial charge in [-0.2, -0.15) is 0 Å². The predicted octanol–water partition coefficient (Wildman–Crippen LogP) is 3.19. The SMILES string of the molecule is CC(C)c1ccc(N2CC=CC2)cc1. The number of nitrogens with zero attached hydrogens (tertiary/aromatic N) is 1. The van der Waals surface area contributed by atoms with Crippen LogP contribution in [0.1, 0.15) is 25.3 Å². The van der Waals surface area contributed by atoms with Crippen molar-refractivity contribution in [2.75, 3.05) is 18.0 Å². The Morgan fingerprint density at radius 2 is 1.57 bits per heavy atom. The first-order chi connectivity index (χ1) is 6.77. The molecule has 1 aromatic carbocycles. The number of benzene rings is 1. The van der Waals surface area contributed by atoms with E-state index in [1.165, 1.54) is 11.3 Å². The van der Waals surface area contributed by atoms with Crippen LogP contribution in [0.15, 0.2) is 36.4 Å². The van der Waals surface area contributed by atoms with Gasteiger partial charge in [0.05, 0.1) is 0 Å². The third-order valence-electron chi connectivity index (χ3n) is 2.74. The van der Waals surface area contributed by atoms with Gasteiger partial charge in [-0.3, -0.25) is 0 Å². The summed E-state index contributed by atoms with van der Waals surface area (Å²) < 4.78 is 0. The lowest BCUT2D eigenvalue weighted by atomic mass is 10.0. The summed E-state index contributed by atoms with van der Waals surface area (Å²) in [5.41, 5.74) is 2.75. The minimum Gasteiger partial charge on any atom is -0.364 e. The van der Waals surface area contributed by atoms with Gasteiger partial charge in [-0.25, -0.2) is 0 Å². The molecule has 0 atom stereocenters. The van der Waals surface area contributed by atoms with Crippen LogP contribution in [0, 0.1) is 0 Å². The minimum absolute atomic E-state index is 0.626. The van der Waals surface area contributed by atoms with Crippen LogP contribution >= 0.6 is 0 Å². The Bertz CT molecular complexity index is 314. The van der Waals surface area contributed by atoms with Gasteiger partial charge in [-0.1, -0.05) is 38.1 Å². The van der Waals surface area contributed by atoms with Crippen molar-refractivity contribution in [1.29, 1.82) is 0 Å². The van der Waals surface area contributed by atoms with Gasteiger partial charge in [-0.05, 0) is 23.6 Å². The van der Waals surface area contributed by atoms with E-state index in [0.717, 1.165) is 13.1 Å². The minimum atomic E-state index is 0.626. The van der Waals surface area contributed by atoms with Crippen LogP contribution in [0.4, 0.5) is 5.69 Å². The smallest absolute Gasteiger partial charge is 0.0372 e. The third kappa shape index (κ3) is 1.82. The lowest BCUT2D eigenvalue weighted by molar-refractivity contribution is 0.865. The Morgan fingerprint density at radius 3 is 2.07 bits per heavy atom. The van der Waals surface area contributed by atoms with Crippen LogP contribution in [0.5, 0.6) is 0 Å². The highest BCUT2D eigenvalue weighted by atomic mass is 15.1. The zero-order valence-electron chi connectivity index (χ0n) is 8.90. The number of hydrogen-bond donors (Lipinski definition) is 0. The van der Waals surface area contributed by atoms with Gasteiger partial charge in [0, 0.05) is 18.8 Å². The molecule has 0 radical (unpaired) electrons. The molecule has 0 bridgehead atoms. The molecule has 0 N–H and O–H groups in total. The van der Waals surface area contributed by atoms with Crippen LogP contribution in [-0.4, -0.2) is 13.1 Å². The zero-order chi connectivity index (χ0) is 9.97. The fraction of sp³-hybridized carbons (Fsp3) is 0.385. The van der Waals surface area contributed by atoms with Crippen molar-refractivity contribution in [2.24, 2.45) is 0 Å². The van der Waals surface area contributed by atoms with Crippen molar-refractivity contribution >= 4 is 5.69 Å². The average molecular weight is 187 g/mol. The summed E-state index contributed by atoms with van der Waals surface area (Å²) in [6, 6.07) is 8.92. The van der Waals surface area contributed by atoms with Gasteiger partial charge in [0.2, 0.25) is 0 Å². The van der Waals surface area contributed by atoms with Crippen molar-refractivity contribution in [2.45, 2.75) is 19.8 Å². The average Bonchev–Trinajstić information content (AvgIpc) is 2.71. The van der Waals surface area contributed by atoms with Gasteiger partial charge in [0.25, 0.3) is 0 Å². The van der Waals surface area contributed by atoms with Crippen LogP contribution in [-0.2, 0) is 0 Å². The van der Waals surface area contributed by atoms with Crippen molar-refractivity contribution < 1.29 is 0 Å². The van der Waals surface area contributed by atoms with E-state index < -0.39 is 0 Å². The monoisotopic (exact) mass is 187 g/mol. The maximum atomic E-state index is 2.37. The Kier molecular flexibility index (Phi) is 2.58. The Morgan fingerprint density at radius 1 is 1.00 bits per heavy atom. The summed E-state index contributed by atoms with van der Waals surface area (Å²) in [7, 11) is 0. The second kappa shape index (κ2) is 3.87. The van der Waals surface area contributed by atoms with E-state index in [9.17, 15) is 0 Å². The van der Waals surface area contributed by atoms with Gasteiger partial charge >= 0.3 is 0 Å². The summed E-state index contributed by atoms with van der Waals surface area (Å²) in [6.07, 6.45) is 4.44. The van der Waals surface area contributed by atoms with Crippen LogP contribution in [0.3, 0.4) is 0 Å². The highest BCUT2D eigenvalue weighted by Crippen LogP contribution is 2.21. The summed E-state index contributed by atoms with van der Waals surface area (Å²) in [6.45, 7) is 6.57. The maximum absolute atomic E-state index is 2.37. The van der Waals surface area contributed by atoms with E-state index in [1.54, 1.807) is 0 Å². The summed E-state index contributed by atoms with van der Waals surface area (Å²) >= 11 is 0. The molecule has 74 valence electrons. The van der Waals surface area contributed by atoms with E-state index in [4.69, 9.17) is 0 Å². The summed E-state index contributed by atoms with van der Waals surface area (Å²) in [5, 5.41) is 0. The van der Waals surface area contributed by atoms with Gasteiger partial charge < -0.3 is 4.90 Å². The van der Waals surface area contributed by atoms with E-state index in [0.29, 0.717) is 5.92 Å². The lowest BCUT2D eigenvalue weighted by Crippen LogP contribution is -2.18. The summed E-state index contributed by atoms with van der Waals surface area (Å²) in [5.74, 6) is 0.626. The van der Waals surface area contributed by atoms with E-state index in [-0.39, 0.29) is 0 Å². The van der Waals surface area contributed by atoms with Crippen LogP contribution in [0.25, 0.3) is 0 Å². The normalized spacial score (nSPS) is 15.5. The highest BCUT2D eigenvalue weighted by molar-refractivity contribution is 5.50. The topological polar surface area (TPSA) is 3.24 Å². The second-order valence-electron chi connectivity index (χ2n) is 4.12. The maximum Gasteiger partial charge on any atom is 0.0372 e. The van der Waals surface area contributed by atoms with Crippen molar-refractivity contribution in [3.8, 4) is 0 Å². The molecule has 1 heteroatoms. The molecule has 0 saturated heterocycles. The molecule has 0 unspecified atom stereocenters. The molecular weight excluding hydrogens is 170 g/mol. The number of hydrogen-bond acceptors (Lipinski definition) is 1. The molecule has 1 aliphatic rings. The molecule has 0 aromatic heterocycles. The van der Waals surface area contributed by atoms with Crippen LogP contribution < -0.4 is 4.90 Å². The molecule has 0 saturated carbocycles. The van der Waals surface area contributed by atoms with Crippen LogP contribution in [0.2, 0.25) is 0 Å². The fourth-order valence-electron chi connectivity index (χ4n) is 1.76. The van der Waals surface area contributed by atoms with Gasteiger partial charge in [-0.15, -0.1) is 0 Å². The number of rotatable bonds is 2. The Balaban J connectivity index is 2.13. The molecule has 0 amide bonds. The number of anilines is 1. The van der Waals surface area contributed by atoms with Gasteiger partial charge in [0.15, 0.2) is 0 Å². The fourth-order valence-corrected chi connectivity index (χ4v) is 1.76. The second-order valence-corrected chi connectivity index (χ2v) is 4.12. The molecule has 1 aromatic rings. The van der Waals surface area contributed by atoms with E-state index >= 15 is 0 Å². The standard InChI is InChI=1S/C13H17N/c1-11(2)12-5-7-13(8-6-12)14-9-3-4-10-14/h3-8,11H,9-10H2,1-2H3. The molecule has 1 heterocycles. The molecular formula is C13H17N. The molecule has 0 fully saturated rings. The van der Waals surface area contributed by atoms with E-state index in [1.807, 2.05) is 0 Å². The first-order valence-electron chi connectivity index (χ1n) is 5.27.